The number of rotatable bonds is 6. The third-order valence-corrected chi connectivity index (χ3v) is 4.37. The first-order valence-electron chi connectivity index (χ1n) is 8.05. The molecule has 2 heterocycles. The van der Waals surface area contributed by atoms with Crippen molar-refractivity contribution in [2.45, 2.75) is 45.1 Å². The molecule has 0 aliphatic heterocycles. The van der Waals surface area contributed by atoms with Gasteiger partial charge in [-0.05, 0) is 30.9 Å². The van der Waals surface area contributed by atoms with Gasteiger partial charge in [0.05, 0.1) is 0 Å². The average Bonchev–Trinajstić information content (AvgIpc) is 3.13. The molecule has 22 heavy (non-hydrogen) atoms. The number of hydrogen-bond acceptors (Lipinski definition) is 3. The van der Waals surface area contributed by atoms with Crippen molar-refractivity contribution >= 4 is 11.6 Å². The van der Waals surface area contributed by atoms with Gasteiger partial charge < -0.3 is 5.32 Å². The van der Waals surface area contributed by atoms with Crippen molar-refractivity contribution in [1.29, 1.82) is 0 Å². The number of amides is 1. The Hall–Kier alpha value is -2.11. The normalized spacial score (nSPS) is 15.5. The topological polar surface area (TPSA) is 68.4 Å². The van der Waals surface area contributed by atoms with E-state index in [1.165, 1.54) is 41.2 Å². The Morgan fingerprint density at radius 3 is 2.91 bits per heavy atom. The molecule has 0 unspecified atom stereocenters. The van der Waals surface area contributed by atoms with Crippen molar-refractivity contribution in [3.05, 3.63) is 34.9 Å². The van der Waals surface area contributed by atoms with Crippen LogP contribution in [0.5, 0.6) is 0 Å². The van der Waals surface area contributed by atoms with Crippen LogP contribution in [0.15, 0.2) is 29.2 Å². The fourth-order valence-electron chi connectivity index (χ4n) is 3.18. The molecule has 6 heteroatoms. The molecule has 6 nitrogen and oxygen atoms in total. The van der Waals surface area contributed by atoms with Crippen LogP contribution < -0.4 is 11.0 Å². The maximum Gasteiger partial charge on any atom is 0.350 e. The zero-order valence-corrected chi connectivity index (χ0v) is 12.7. The maximum absolute atomic E-state index is 12.1. The van der Waals surface area contributed by atoms with Gasteiger partial charge in [-0.25, -0.2) is 9.48 Å². The summed E-state index contributed by atoms with van der Waals surface area (Å²) in [7, 11) is 0. The van der Waals surface area contributed by atoms with Crippen molar-refractivity contribution < 1.29 is 4.79 Å². The smallest absolute Gasteiger partial charge is 0.350 e. The van der Waals surface area contributed by atoms with Crippen molar-refractivity contribution in [2.24, 2.45) is 5.92 Å². The SMILES string of the molecule is O=C(Cn1nc2ccccn2c1=O)NCCCC1CCCC1. The Kier molecular flexibility index (Phi) is 4.56. The van der Waals surface area contributed by atoms with E-state index >= 15 is 0 Å². The molecule has 1 aliphatic carbocycles. The number of fused-ring (bicyclic) bond motifs is 1. The van der Waals surface area contributed by atoms with Crippen molar-refractivity contribution in [2.75, 3.05) is 6.54 Å². The van der Waals surface area contributed by atoms with E-state index in [1.54, 1.807) is 18.3 Å². The van der Waals surface area contributed by atoms with E-state index in [0.29, 0.717) is 12.2 Å². The highest BCUT2D eigenvalue weighted by Crippen LogP contribution is 2.28. The number of aromatic nitrogens is 3. The van der Waals surface area contributed by atoms with Crippen LogP contribution in [0.4, 0.5) is 0 Å². The second-order valence-corrected chi connectivity index (χ2v) is 6.01. The van der Waals surface area contributed by atoms with Gasteiger partial charge >= 0.3 is 5.69 Å². The summed E-state index contributed by atoms with van der Waals surface area (Å²) >= 11 is 0. The Labute approximate surface area is 129 Å². The lowest BCUT2D eigenvalue weighted by molar-refractivity contribution is -0.121. The minimum atomic E-state index is -0.281. The zero-order valence-electron chi connectivity index (χ0n) is 12.7. The molecule has 0 aromatic carbocycles. The predicted molar refractivity (Wildman–Crippen MR) is 83.7 cm³/mol. The summed E-state index contributed by atoms with van der Waals surface area (Å²) in [6, 6.07) is 5.33. The molecule has 1 amide bonds. The van der Waals surface area contributed by atoms with Crippen LogP contribution in [-0.2, 0) is 11.3 Å². The number of hydrogen-bond donors (Lipinski definition) is 1. The van der Waals surface area contributed by atoms with Gasteiger partial charge in [-0.15, -0.1) is 5.10 Å². The molecule has 0 saturated heterocycles. The molecule has 0 bridgehead atoms. The molecule has 1 saturated carbocycles. The standard InChI is InChI=1S/C16H22N4O2/c21-15(17-10-5-8-13-6-1-2-7-13)12-20-16(22)19-11-4-3-9-14(19)18-20/h3-4,9,11,13H,1-2,5-8,10,12H2,(H,17,21). The summed E-state index contributed by atoms with van der Waals surface area (Å²) < 4.78 is 2.65. The third kappa shape index (κ3) is 3.37. The van der Waals surface area contributed by atoms with Gasteiger partial charge in [0.25, 0.3) is 0 Å². The molecule has 0 atom stereocenters. The van der Waals surface area contributed by atoms with Gasteiger partial charge in [0.1, 0.15) is 6.54 Å². The first kappa shape index (κ1) is 14.8. The Morgan fingerprint density at radius 2 is 2.14 bits per heavy atom. The molecule has 3 rings (SSSR count). The minimum absolute atomic E-state index is 0.0239. The fourth-order valence-corrected chi connectivity index (χ4v) is 3.18. The van der Waals surface area contributed by atoms with Crippen LogP contribution in [-0.4, -0.2) is 26.6 Å². The first-order chi connectivity index (χ1) is 10.7. The van der Waals surface area contributed by atoms with Crippen molar-refractivity contribution in [3.8, 4) is 0 Å². The van der Waals surface area contributed by atoms with E-state index in [1.807, 2.05) is 6.07 Å². The zero-order chi connectivity index (χ0) is 15.4. The number of pyridine rings is 1. The van der Waals surface area contributed by atoms with Gasteiger partial charge in [-0.1, -0.05) is 31.7 Å². The van der Waals surface area contributed by atoms with Crippen LogP contribution in [0.25, 0.3) is 5.65 Å². The molecule has 0 radical (unpaired) electrons. The Morgan fingerprint density at radius 1 is 1.32 bits per heavy atom. The summed E-state index contributed by atoms with van der Waals surface area (Å²) in [6.45, 7) is 0.654. The van der Waals surface area contributed by atoms with Crippen LogP contribution in [0.2, 0.25) is 0 Å². The Balaban J connectivity index is 1.48. The Bertz CT molecular complexity index is 697. The second kappa shape index (κ2) is 6.77. The summed E-state index contributed by atoms with van der Waals surface area (Å²) in [6.07, 6.45) is 9.24. The highest BCUT2D eigenvalue weighted by molar-refractivity contribution is 5.75. The van der Waals surface area contributed by atoms with Gasteiger partial charge in [-0.2, -0.15) is 0 Å². The fraction of sp³-hybridized carbons (Fsp3) is 0.562. The summed E-state index contributed by atoms with van der Waals surface area (Å²) in [5.74, 6) is 0.690. The predicted octanol–water partition coefficient (Wildman–Crippen LogP) is 1.58. The number of nitrogens with one attached hydrogen (secondary N) is 1. The summed E-state index contributed by atoms with van der Waals surface area (Å²) in [5, 5.41) is 7.03. The lowest BCUT2D eigenvalue weighted by Gasteiger charge is -2.09. The largest absolute Gasteiger partial charge is 0.354 e. The van der Waals surface area contributed by atoms with Crippen molar-refractivity contribution in [1.82, 2.24) is 19.5 Å². The van der Waals surface area contributed by atoms with Crippen LogP contribution in [0, 0.1) is 5.92 Å². The third-order valence-electron chi connectivity index (χ3n) is 4.37. The van der Waals surface area contributed by atoms with Gasteiger partial charge in [-0.3, -0.25) is 9.20 Å². The average molecular weight is 302 g/mol. The number of carbonyl (C=O) groups is 1. The van der Waals surface area contributed by atoms with E-state index in [-0.39, 0.29) is 18.1 Å². The first-order valence-corrected chi connectivity index (χ1v) is 8.05. The monoisotopic (exact) mass is 302 g/mol. The number of nitrogens with zero attached hydrogens (tertiary/aromatic N) is 3. The van der Waals surface area contributed by atoms with Gasteiger partial charge in [0, 0.05) is 12.7 Å². The van der Waals surface area contributed by atoms with E-state index in [4.69, 9.17) is 0 Å². The molecule has 1 fully saturated rings. The molecule has 0 spiro atoms. The highest BCUT2D eigenvalue weighted by atomic mass is 16.2. The molecular weight excluding hydrogens is 280 g/mol. The lowest BCUT2D eigenvalue weighted by Crippen LogP contribution is -2.33. The van der Waals surface area contributed by atoms with Crippen LogP contribution >= 0.6 is 0 Å². The van der Waals surface area contributed by atoms with E-state index in [9.17, 15) is 9.59 Å². The lowest BCUT2D eigenvalue weighted by atomic mass is 10.0. The molecule has 118 valence electrons. The summed E-state index contributed by atoms with van der Waals surface area (Å²) in [5.41, 5.74) is 0.276. The quantitative estimate of drug-likeness (QED) is 0.824. The minimum Gasteiger partial charge on any atom is -0.354 e. The van der Waals surface area contributed by atoms with Gasteiger partial charge in [0.15, 0.2) is 5.65 Å². The highest BCUT2D eigenvalue weighted by Gasteiger charge is 2.14. The summed E-state index contributed by atoms with van der Waals surface area (Å²) in [4.78, 5) is 24.0. The second-order valence-electron chi connectivity index (χ2n) is 6.01. The molecule has 2 aromatic heterocycles. The molecule has 1 N–H and O–H groups in total. The molecule has 1 aliphatic rings. The van der Waals surface area contributed by atoms with Gasteiger partial charge in [0.2, 0.25) is 5.91 Å². The molecular formula is C16H22N4O2. The maximum atomic E-state index is 12.1. The van der Waals surface area contributed by atoms with Crippen LogP contribution in [0.3, 0.4) is 0 Å². The van der Waals surface area contributed by atoms with E-state index in [2.05, 4.69) is 10.4 Å². The van der Waals surface area contributed by atoms with Crippen LogP contribution in [0.1, 0.15) is 38.5 Å². The molecule has 2 aromatic rings. The van der Waals surface area contributed by atoms with Crippen molar-refractivity contribution in [3.63, 3.8) is 0 Å². The van der Waals surface area contributed by atoms with E-state index < -0.39 is 0 Å². The van der Waals surface area contributed by atoms with E-state index in [0.717, 1.165) is 12.3 Å². The number of carbonyl (C=O) groups excluding carboxylic acids is 1.